The zero-order valence-electron chi connectivity index (χ0n) is 14.5. The van der Waals surface area contributed by atoms with Crippen molar-refractivity contribution in [3.8, 4) is 11.3 Å². The summed E-state index contributed by atoms with van der Waals surface area (Å²) in [5.41, 5.74) is 2.45. The van der Waals surface area contributed by atoms with Crippen LogP contribution in [0.5, 0.6) is 0 Å². The second kappa shape index (κ2) is 7.15. The number of hydrogen-bond donors (Lipinski definition) is 2. The molecule has 1 heterocycles. The van der Waals surface area contributed by atoms with E-state index in [1.807, 2.05) is 0 Å². The lowest BCUT2D eigenvalue weighted by Gasteiger charge is -2.11. The first-order valence-corrected chi connectivity index (χ1v) is 9.75. The van der Waals surface area contributed by atoms with Crippen LogP contribution in [0.2, 0.25) is 5.02 Å². The maximum Gasteiger partial charge on any atom is 0.277 e. The third kappa shape index (κ3) is 4.19. The van der Waals surface area contributed by atoms with E-state index in [-0.39, 0.29) is 10.6 Å². The molecule has 0 atom stereocenters. The summed E-state index contributed by atoms with van der Waals surface area (Å²) in [4.78, 5) is 12.4. The number of aromatic nitrogens is 1. The lowest BCUT2D eigenvalue weighted by molar-refractivity contribution is 0.101. The molecule has 3 aromatic rings. The third-order valence-electron chi connectivity index (χ3n) is 4.07. The quantitative estimate of drug-likeness (QED) is 0.689. The predicted octanol–water partition coefficient (Wildman–Crippen LogP) is 3.51. The highest BCUT2D eigenvalue weighted by atomic mass is 35.5. The van der Waals surface area contributed by atoms with Gasteiger partial charge in [0.15, 0.2) is 11.5 Å². The van der Waals surface area contributed by atoms with Gasteiger partial charge in [-0.05, 0) is 49.2 Å². The van der Waals surface area contributed by atoms with Crippen LogP contribution < -0.4 is 10.5 Å². The highest BCUT2D eigenvalue weighted by molar-refractivity contribution is 7.89. The summed E-state index contributed by atoms with van der Waals surface area (Å²) in [5, 5.41) is 12.1. The Balaban J connectivity index is 1.90. The lowest BCUT2D eigenvalue weighted by Crippen LogP contribution is -2.16. The van der Waals surface area contributed by atoms with Crippen molar-refractivity contribution in [2.45, 2.75) is 18.7 Å². The fourth-order valence-corrected chi connectivity index (χ4v) is 3.28. The number of rotatable bonds is 4. The Hall–Kier alpha value is -2.68. The molecule has 0 radical (unpaired) electrons. The number of nitrogens with zero attached hydrogens (tertiary/aromatic N) is 1. The third-order valence-corrected chi connectivity index (χ3v) is 5.20. The summed E-state index contributed by atoms with van der Waals surface area (Å²) in [5.74, 6) is -0.157. The maximum atomic E-state index is 12.5. The molecular weight excluding hydrogens is 390 g/mol. The number of halogens is 1. The van der Waals surface area contributed by atoms with Gasteiger partial charge < -0.3 is 9.84 Å². The van der Waals surface area contributed by atoms with Crippen molar-refractivity contribution in [1.29, 1.82) is 0 Å². The minimum absolute atomic E-state index is 0.0445. The van der Waals surface area contributed by atoms with Crippen LogP contribution in [0.4, 0.5) is 5.69 Å². The Labute approximate surface area is 161 Å². The molecule has 3 rings (SSSR count). The van der Waals surface area contributed by atoms with Crippen LogP contribution >= 0.6 is 11.6 Å². The van der Waals surface area contributed by atoms with Crippen LogP contribution in [0.15, 0.2) is 51.9 Å². The van der Waals surface area contributed by atoms with E-state index in [1.165, 1.54) is 18.2 Å². The zero-order valence-corrected chi connectivity index (χ0v) is 16.1. The number of carbonyl (C=O) groups is 1. The van der Waals surface area contributed by atoms with Crippen molar-refractivity contribution in [2.75, 3.05) is 5.32 Å². The SMILES string of the molecule is Cc1cc(S(N)(=O)=O)cc(NC(=O)c2cc(-c3cccc(Cl)c3)on2)c1C. The number of primary sulfonamides is 1. The van der Waals surface area contributed by atoms with Crippen LogP contribution in [0.3, 0.4) is 0 Å². The van der Waals surface area contributed by atoms with Crippen molar-refractivity contribution >= 4 is 33.2 Å². The smallest absolute Gasteiger partial charge is 0.277 e. The van der Waals surface area contributed by atoms with Crippen LogP contribution in [-0.2, 0) is 10.0 Å². The Bertz CT molecular complexity index is 1140. The highest BCUT2D eigenvalue weighted by Gasteiger charge is 2.18. The predicted molar refractivity (Wildman–Crippen MR) is 102 cm³/mol. The largest absolute Gasteiger partial charge is 0.355 e. The molecule has 0 bridgehead atoms. The number of sulfonamides is 1. The Kier molecular flexibility index (Phi) is 5.05. The fraction of sp³-hybridized carbons (Fsp3) is 0.111. The van der Waals surface area contributed by atoms with Gasteiger partial charge in [0.2, 0.25) is 10.0 Å². The molecule has 3 N–H and O–H groups in total. The van der Waals surface area contributed by atoms with E-state index < -0.39 is 15.9 Å². The number of aryl methyl sites for hydroxylation is 1. The standard InChI is InChI=1S/C18H16ClN3O4S/c1-10-6-14(27(20,24)25)8-15(11(10)2)21-18(23)16-9-17(26-22-16)12-4-3-5-13(19)7-12/h3-9H,1-2H3,(H,21,23)(H2,20,24,25). The van der Waals surface area contributed by atoms with Gasteiger partial charge in [0.1, 0.15) is 0 Å². The normalized spacial score (nSPS) is 11.4. The number of carbonyl (C=O) groups excluding carboxylic acids is 1. The van der Waals surface area contributed by atoms with E-state index in [2.05, 4.69) is 10.5 Å². The molecule has 0 fully saturated rings. The maximum absolute atomic E-state index is 12.5. The van der Waals surface area contributed by atoms with Gasteiger partial charge in [-0.15, -0.1) is 0 Å². The van der Waals surface area contributed by atoms with Gasteiger partial charge in [-0.2, -0.15) is 0 Å². The minimum atomic E-state index is -3.90. The van der Waals surface area contributed by atoms with Gasteiger partial charge in [0, 0.05) is 22.3 Å². The minimum Gasteiger partial charge on any atom is -0.355 e. The van der Waals surface area contributed by atoms with Gasteiger partial charge in [-0.1, -0.05) is 28.9 Å². The van der Waals surface area contributed by atoms with E-state index in [0.29, 0.717) is 33.2 Å². The van der Waals surface area contributed by atoms with E-state index in [0.717, 1.165) is 0 Å². The van der Waals surface area contributed by atoms with Gasteiger partial charge in [0.05, 0.1) is 4.90 Å². The molecule has 9 heteroatoms. The van der Waals surface area contributed by atoms with Crippen molar-refractivity contribution < 1.29 is 17.7 Å². The summed E-state index contributed by atoms with van der Waals surface area (Å²) < 4.78 is 28.4. The van der Waals surface area contributed by atoms with Crippen LogP contribution in [0.25, 0.3) is 11.3 Å². The molecule has 1 amide bonds. The van der Waals surface area contributed by atoms with Gasteiger partial charge in [-0.3, -0.25) is 4.79 Å². The number of hydrogen-bond acceptors (Lipinski definition) is 5. The Morgan fingerprint density at radius 2 is 1.93 bits per heavy atom. The summed E-state index contributed by atoms with van der Waals surface area (Å²) in [6.45, 7) is 3.49. The van der Waals surface area contributed by atoms with Crippen LogP contribution in [-0.4, -0.2) is 19.5 Å². The topological polar surface area (TPSA) is 115 Å². The Morgan fingerprint density at radius 3 is 2.59 bits per heavy atom. The molecule has 0 saturated heterocycles. The average Bonchev–Trinajstić information content (AvgIpc) is 3.08. The Morgan fingerprint density at radius 1 is 1.19 bits per heavy atom. The van der Waals surface area contributed by atoms with E-state index >= 15 is 0 Å². The van der Waals surface area contributed by atoms with Gasteiger partial charge in [-0.25, -0.2) is 13.6 Å². The summed E-state index contributed by atoms with van der Waals surface area (Å²) in [7, 11) is -3.90. The molecule has 0 aliphatic carbocycles. The second-order valence-corrected chi connectivity index (χ2v) is 8.00. The lowest BCUT2D eigenvalue weighted by atomic mass is 10.1. The van der Waals surface area contributed by atoms with Crippen molar-refractivity contribution in [3.05, 3.63) is 64.3 Å². The molecule has 0 saturated carbocycles. The first-order chi connectivity index (χ1) is 12.6. The van der Waals surface area contributed by atoms with E-state index in [4.69, 9.17) is 21.3 Å². The monoisotopic (exact) mass is 405 g/mol. The van der Waals surface area contributed by atoms with Crippen molar-refractivity contribution in [1.82, 2.24) is 5.16 Å². The molecule has 0 aliphatic heterocycles. The molecular formula is C18H16ClN3O4S. The first-order valence-electron chi connectivity index (χ1n) is 7.83. The molecule has 2 aromatic carbocycles. The summed E-state index contributed by atoms with van der Waals surface area (Å²) >= 11 is 5.95. The molecule has 0 aliphatic rings. The molecule has 0 spiro atoms. The van der Waals surface area contributed by atoms with Crippen LogP contribution in [0.1, 0.15) is 21.6 Å². The second-order valence-electron chi connectivity index (χ2n) is 6.00. The number of nitrogens with two attached hydrogens (primary N) is 1. The van der Waals surface area contributed by atoms with E-state index in [1.54, 1.807) is 38.1 Å². The van der Waals surface area contributed by atoms with Crippen molar-refractivity contribution in [2.24, 2.45) is 5.14 Å². The number of amides is 1. The molecule has 140 valence electrons. The number of anilines is 1. The average molecular weight is 406 g/mol. The summed E-state index contributed by atoms with van der Waals surface area (Å²) in [6, 6.07) is 11.2. The fourth-order valence-electron chi connectivity index (χ4n) is 2.47. The highest BCUT2D eigenvalue weighted by Crippen LogP contribution is 2.26. The zero-order chi connectivity index (χ0) is 19.8. The molecule has 0 unspecified atom stereocenters. The number of nitrogens with one attached hydrogen (secondary N) is 1. The summed E-state index contributed by atoms with van der Waals surface area (Å²) in [6.07, 6.45) is 0. The molecule has 7 nitrogen and oxygen atoms in total. The van der Waals surface area contributed by atoms with E-state index in [9.17, 15) is 13.2 Å². The van der Waals surface area contributed by atoms with Gasteiger partial charge in [0.25, 0.3) is 5.91 Å². The number of benzene rings is 2. The molecule has 1 aromatic heterocycles. The first kappa shape index (κ1) is 19.1. The molecule has 27 heavy (non-hydrogen) atoms. The van der Waals surface area contributed by atoms with Gasteiger partial charge >= 0.3 is 0 Å². The van der Waals surface area contributed by atoms with Crippen LogP contribution in [0, 0.1) is 13.8 Å². The van der Waals surface area contributed by atoms with Crippen molar-refractivity contribution in [3.63, 3.8) is 0 Å².